The first-order chi connectivity index (χ1) is 22.5. The minimum atomic E-state index is -0.946. The Morgan fingerprint density at radius 2 is 1.35 bits per heavy atom. The molecule has 8 rings (SSSR count). The predicted molar refractivity (Wildman–Crippen MR) is 187 cm³/mol. The van der Waals surface area contributed by atoms with Crippen molar-refractivity contribution < 1.29 is 9.63 Å². The Hall–Kier alpha value is -5.03. The van der Waals surface area contributed by atoms with Crippen LogP contribution in [0.2, 0.25) is 0 Å². The van der Waals surface area contributed by atoms with Crippen LogP contribution in [0.3, 0.4) is 0 Å². The number of aryl methyl sites for hydroxylation is 1. The molecule has 3 atom stereocenters. The number of piperidine rings is 1. The van der Waals surface area contributed by atoms with Crippen LogP contribution >= 0.6 is 0 Å². The first kappa shape index (κ1) is 28.4. The average molecular weight is 601 g/mol. The fourth-order valence-electron chi connectivity index (χ4n) is 7.72. The Balaban J connectivity index is 1.39. The molecule has 2 fully saturated rings. The minimum absolute atomic E-state index is 0.139. The highest BCUT2D eigenvalue weighted by atomic mass is 16.7. The number of fused-ring (bicyclic) bond motifs is 2. The molecule has 0 saturated carbocycles. The molecule has 0 aromatic heterocycles. The number of ketones is 1. The Labute approximate surface area is 270 Å². The van der Waals surface area contributed by atoms with E-state index < -0.39 is 11.5 Å². The maximum absolute atomic E-state index is 15.6. The number of nitrogens with zero attached hydrogens (tertiary/aromatic N) is 2. The standard InChI is InChI=1S/C42H36N2O2/c1-29-22-24-32(25-23-29)39-42(28-43(2)27-34(40(42)45)26-33-16-10-14-30-12-6-8-19-36(30)33)41(46-44(39)35-17-4-3-5-18-35)38-21-11-15-31-13-7-9-20-37(31)38/h3-26,39,41H,27-28H2,1-2H3/b34-26+/t39-,41-,42?/m1/s1. The van der Waals surface area contributed by atoms with Gasteiger partial charge in [0.05, 0.1) is 11.7 Å². The van der Waals surface area contributed by atoms with Gasteiger partial charge < -0.3 is 4.90 Å². The summed E-state index contributed by atoms with van der Waals surface area (Å²) >= 11 is 0. The lowest BCUT2D eigenvalue weighted by atomic mass is 9.64. The molecule has 0 N–H and O–H groups in total. The first-order valence-electron chi connectivity index (χ1n) is 16.0. The summed E-state index contributed by atoms with van der Waals surface area (Å²) in [4.78, 5) is 25.1. The highest BCUT2D eigenvalue weighted by molar-refractivity contribution is 6.08. The Bertz CT molecular complexity index is 2090. The van der Waals surface area contributed by atoms with Crippen LogP contribution in [-0.4, -0.2) is 30.8 Å². The topological polar surface area (TPSA) is 32.8 Å². The highest BCUT2D eigenvalue weighted by Crippen LogP contribution is 2.60. The van der Waals surface area contributed by atoms with Crippen molar-refractivity contribution in [1.29, 1.82) is 0 Å². The summed E-state index contributed by atoms with van der Waals surface area (Å²) in [6.45, 7) is 3.22. The molecule has 6 aromatic rings. The molecule has 46 heavy (non-hydrogen) atoms. The van der Waals surface area contributed by atoms with E-state index in [1.807, 2.05) is 23.3 Å². The minimum Gasteiger partial charge on any atom is -0.301 e. The van der Waals surface area contributed by atoms with E-state index in [4.69, 9.17) is 4.84 Å². The Morgan fingerprint density at radius 3 is 2.11 bits per heavy atom. The first-order valence-corrected chi connectivity index (χ1v) is 16.0. The Morgan fingerprint density at radius 1 is 0.717 bits per heavy atom. The van der Waals surface area contributed by atoms with Crippen molar-refractivity contribution in [3.8, 4) is 0 Å². The molecular formula is C42H36N2O2. The molecule has 0 aliphatic carbocycles. The van der Waals surface area contributed by atoms with Crippen LogP contribution in [0, 0.1) is 12.3 Å². The van der Waals surface area contributed by atoms with Crippen molar-refractivity contribution in [3.05, 3.63) is 167 Å². The van der Waals surface area contributed by atoms with Gasteiger partial charge in [-0.25, -0.2) is 5.06 Å². The van der Waals surface area contributed by atoms with Gasteiger partial charge in [0.25, 0.3) is 0 Å². The molecule has 1 unspecified atom stereocenters. The third-order valence-corrected chi connectivity index (χ3v) is 9.76. The van der Waals surface area contributed by atoms with Crippen LogP contribution in [0.5, 0.6) is 0 Å². The molecule has 4 heteroatoms. The number of likely N-dealkylation sites (N-methyl/N-ethyl adjacent to an activating group) is 1. The maximum Gasteiger partial charge on any atom is 0.173 e. The molecule has 226 valence electrons. The lowest BCUT2D eigenvalue weighted by molar-refractivity contribution is -0.133. The maximum atomic E-state index is 15.6. The van der Waals surface area contributed by atoms with E-state index in [0.29, 0.717) is 13.1 Å². The number of carbonyl (C=O) groups is 1. The van der Waals surface area contributed by atoms with Gasteiger partial charge in [-0.05, 0) is 70.4 Å². The van der Waals surface area contributed by atoms with Crippen molar-refractivity contribution in [3.63, 3.8) is 0 Å². The number of hydrogen-bond acceptors (Lipinski definition) is 4. The van der Waals surface area contributed by atoms with E-state index in [9.17, 15) is 0 Å². The zero-order valence-corrected chi connectivity index (χ0v) is 26.1. The van der Waals surface area contributed by atoms with Gasteiger partial charge in [-0.2, -0.15) is 0 Å². The average Bonchev–Trinajstić information content (AvgIpc) is 3.42. The summed E-state index contributed by atoms with van der Waals surface area (Å²) in [5, 5.41) is 6.55. The number of para-hydroxylation sites is 1. The fourth-order valence-corrected chi connectivity index (χ4v) is 7.72. The van der Waals surface area contributed by atoms with Gasteiger partial charge in [0.15, 0.2) is 5.78 Å². The summed E-state index contributed by atoms with van der Waals surface area (Å²) in [5.41, 5.74) is 5.10. The number of hydroxylamine groups is 1. The predicted octanol–water partition coefficient (Wildman–Crippen LogP) is 9.12. The van der Waals surface area contributed by atoms with Crippen molar-refractivity contribution in [2.24, 2.45) is 5.41 Å². The van der Waals surface area contributed by atoms with E-state index in [-0.39, 0.29) is 11.8 Å². The van der Waals surface area contributed by atoms with Crippen LogP contribution in [-0.2, 0) is 9.63 Å². The van der Waals surface area contributed by atoms with Crippen LogP contribution in [0.25, 0.3) is 27.6 Å². The van der Waals surface area contributed by atoms with Gasteiger partial charge in [-0.3, -0.25) is 9.63 Å². The van der Waals surface area contributed by atoms with E-state index in [1.165, 1.54) is 5.56 Å². The molecule has 2 saturated heterocycles. The SMILES string of the molecule is Cc1ccc([C@H]2N(c3ccccc3)O[C@H](c3cccc4ccccc34)C23CN(C)C/C(=C\c2cccc4ccccc24)C3=O)cc1. The van der Waals surface area contributed by atoms with Gasteiger partial charge in [0.2, 0.25) is 0 Å². The summed E-state index contributed by atoms with van der Waals surface area (Å²) in [6, 6.07) is 48.0. The summed E-state index contributed by atoms with van der Waals surface area (Å²) in [6.07, 6.45) is 1.59. The molecule has 6 aromatic carbocycles. The lowest BCUT2D eigenvalue weighted by Gasteiger charge is -2.44. The van der Waals surface area contributed by atoms with Crippen molar-refractivity contribution >= 4 is 39.1 Å². The van der Waals surface area contributed by atoms with E-state index in [0.717, 1.165) is 49.5 Å². The fraction of sp³-hybridized carbons (Fsp3) is 0.167. The normalized spacial score (nSPS) is 22.8. The molecule has 2 aliphatic heterocycles. The second-order valence-electron chi connectivity index (χ2n) is 12.8. The smallest absolute Gasteiger partial charge is 0.173 e. The van der Waals surface area contributed by atoms with Gasteiger partial charge in [-0.1, -0.05) is 133 Å². The largest absolute Gasteiger partial charge is 0.301 e. The third kappa shape index (κ3) is 4.65. The second kappa shape index (κ2) is 11.4. The number of anilines is 1. The number of benzene rings is 6. The zero-order valence-electron chi connectivity index (χ0n) is 26.1. The lowest BCUT2D eigenvalue weighted by Crippen LogP contribution is -2.54. The number of hydrogen-bond donors (Lipinski definition) is 0. The number of likely N-dealkylation sites (tertiary alicyclic amines) is 1. The summed E-state index contributed by atoms with van der Waals surface area (Å²) in [7, 11) is 2.13. The summed E-state index contributed by atoms with van der Waals surface area (Å²) in [5.74, 6) is 0.139. The van der Waals surface area contributed by atoms with Gasteiger partial charge in [0, 0.05) is 18.7 Å². The quantitative estimate of drug-likeness (QED) is 0.189. The van der Waals surface area contributed by atoms with Crippen molar-refractivity contribution in [2.75, 3.05) is 25.2 Å². The summed E-state index contributed by atoms with van der Waals surface area (Å²) < 4.78 is 0. The highest BCUT2D eigenvalue weighted by Gasteiger charge is 2.64. The molecule has 4 nitrogen and oxygen atoms in total. The van der Waals surface area contributed by atoms with Crippen LogP contribution in [0.1, 0.15) is 34.4 Å². The number of rotatable bonds is 4. The van der Waals surface area contributed by atoms with E-state index in [2.05, 4.69) is 146 Å². The van der Waals surface area contributed by atoms with Gasteiger partial charge in [-0.15, -0.1) is 0 Å². The molecule has 0 bridgehead atoms. The number of carbonyl (C=O) groups excluding carboxylic acids is 1. The van der Waals surface area contributed by atoms with Crippen molar-refractivity contribution in [2.45, 2.75) is 19.1 Å². The van der Waals surface area contributed by atoms with Crippen LogP contribution in [0.4, 0.5) is 5.69 Å². The van der Waals surface area contributed by atoms with Gasteiger partial charge in [0.1, 0.15) is 11.5 Å². The monoisotopic (exact) mass is 600 g/mol. The zero-order chi connectivity index (χ0) is 31.3. The molecule has 2 aliphatic rings. The molecule has 0 amide bonds. The van der Waals surface area contributed by atoms with Crippen LogP contribution in [0.15, 0.2) is 145 Å². The van der Waals surface area contributed by atoms with E-state index in [1.54, 1.807) is 0 Å². The van der Waals surface area contributed by atoms with Crippen molar-refractivity contribution in [1.82, 2.24) is 4.90 Å². The second-order valence-corrected chi connectivity index (χ2v) is 12.8. The van der Waals surface area contributed by atoms with E-state index >= 15 is 4.79 Å². The molecule has 2 heterocycles. The Kier molecular flexibility index (Phi) is 7.05. The molecule has 0 radical (unpaired) electrons. The third-order valence-electron chi connectivity index (χ3n) is 9.76. The van der Waals surface area contributed by atoms with Crippen LogP contribution < -0.4 is 5.06 Å². The molecule has 1 spiro atoms. The van der Waals surface area contributed by atoms with Gasteiger partial charge >= 0.3 is 0 Å². The number of Topliss-reactive ketones (excluding diaryl/α,β-unsaturated/α-hetero) is 1. The molecular weight excluding hydrogens is 564 g/mol.